The monoisotopic (exact) mass is 231 g/mol. The molecule has 0 aromatic heterocycles. The summed E-state index contributed by atoms with van der Waals surface area (Å²) >= 11 is 0. The number of ether oxygens (including phenoxy) is 1. The molecule has 2 aliphatic carbocycles. The Morgan fingerprint density at radius 3 is 2.94 bits per heavy atom. The van der Waals surface area contributed by atoms with E-state index in [9.17, 15) is 0 Å². The van der Waals surface area contributed by atoms with Crippen molar-refractivity contribution < 1.29 is 4.74 Å². The third-order valence-electron chi connectivity index (χ3n) is 3.96. The molecule has 1 fully saturated rings. The van der Waals surface area contributed by atoms with E-state index < -0.39 is 0 Å². The number of rotatable bonds is 4. The normalized spacial score (nSPS) is 23.2. The summed E-state index contributed by atoms with van der Waals surface area (Å²) in [6.45, 7) is 0.911. The molecule has 0 heterocycles. The van der Waals surface area contributed by atoms with E-state index in [2.05, 4.69) is 30.6 Å². The van der Waals surface area contributed by atoms with Gasteiger partial charge in [0.1, 0.15) is 5.75 Å². The van der Waals surface area contributed by atoms with Gasteiger partial charge in [-0.2, -0.15) is 0 Å². The summed E-state index contributed by atoms with van der Waals surface area (Å²) in [4.78, 5) is 0. The fourth-order valence-corrected chi connectivity index (χ4v) is 2.68. The Morgan fingerprint density at radius 1 is 1.29 bits per heavy atom. The second-order valence-electron chi connectivity index (χ2n) is 5.35. The van der Waals surface area contributed by atoms with Gasteiger partial charge in [0.15, 0.2) is 0 Å². The van der Waals surface area contributed by atoms with Crippen molar-refractivity contribution in [3.63, 3.8) is 0 Å². The van der Waals surface area contributed by atoms with Crippen LogP contribution in [0, 0.1) is 5.92 Å². The Morgan fingerprint density at radius 2 is 2.18 bits per heavy atom. The summed E-state index contributed by atoms with van der Waals surface area (Å²) in [5.41, 5.74) is 2.95. The molecule has 2 nitrogen and oxygen atoms in total. The Kier molecular flexibility index (Phi) is 3.06. The van der Waals surface area contributed by atoms with Gasteiger partial charge in [-0.1, -0.05) is 6.07 Å². The topological polar surface area (TPSA) is 21.3 Å². The van der Waals surface area contributed by atoms with Crippen LogP contribution in [-0.4, -0.2) is 13.7 Å². The Balaban J connectivity index is 1.74. The summed E-state index contributed by atoms with van der Waals surface area (Å²) in [7, 11) is 2.05. The molecule has 0 amide bonds. The molecule has 0 aliphatic heterocycles. The zero-order valence-electron chi connectivity index (χ0n) is 10.5. The lowest BCUT2D eigenvalue weighted by Gasteiger charge is -2.25. The minimum Gasteiger partial charge on any atom is -0.493 e. The lowest BCUT2D eigenvalue weighted by atomic mass is 9.87. The van der Waals surface area contributed by atoms with E-state index in [1.54, 1.807) is 0 Å². The van der Waals surface area contributed by atoms with Crippen LogP contribution in [0.2, 0.25) is 0 Å². The predicted molar refractivity (Wildman–Crippen MR) is 69.4 cm³/mol. The third-order valence-corrected chi connectivity index (χ3v) is 3.96. The fraction of sp³-hybridized carbons (Fsp3) is 0.600. The summed E-state index contributed by atoms with van der Waals surface area (Å²) in [6, 6.07) is 7.17. The van der Waals surface area contributed by atoms with Crippen molar-refractivity contribution in [1.29, 1.82) is 0 Å². The fourth-order valence-electron chi connectivity index (χ4n) is 2.68. The van der Waals surface area contributed by atoms with Gasteiger partial charge in [0.2, 0.25) is 0 Å². The minimum absolute atomic E-state index is 0.538. The smallest absolute Gasteiger partial charge is 0.119 e. The lowest BCUT2D eigenvalue weighted by Crippen LogP contribution is -2.21. The van der Waals surface area contributed by atoms with Crippen molar-refractivity contribution in [3.8, 4) is 5.75 Å². The van der Waals surface area contributed by atoms with E-state index in [0.717, 1.165) is 18.3 Å². The van der Waals surface area contributed by atoms with Gasteiger partial charge in [-0.3, -0.25) is 0 Å². The molecule has 0 radical (unpaired) electrons. The zero-order valence-corrected chi connectivity index (χ0v) is 10.5. The van der Waals surface area contributed by atoms with Crippen molar-refractivity contribution in [2.75, 3.05) is 13.7 Å². The lowest BCUT2D eigenvalue weighted by molar-refractivity contribution is 0.299. The standard InChI is InChI=1S/C15H21NO/c1-16-15-4-2-3-12-9-13(7-8-14(12)15)17-10-11-5-6-11/h7-9,11,15-16H,2-6,10H2,1H3. The number of aryl methyl sites for hydroxylation is 1. The number of hydrogen-bond donors (Lipinski definition) is 1. The first-order valence-electron chi connectivity index (χ1n) is 6.79. The van der Waals surface area contributed by atoms with Crippen LogP contribution < -0.4 is 10.1 Å². The molecule has 2 aliphatic rings. The number of fused-ring (bicyclic) bond motifs is 1. The molecule has 1 aromatic rings. The average molecular weight is 231 g/mol. The quantitative estimate of drug-likeness (QED) is 0.860. The number of hydrogen-bond acceptors (Lipinski definition) is 2. The molecule has 2 heteroatoms. The highest BCUT2D eigenvalue weighted by Crippen LogP contribution is 2.33. The molecule has 17 heavy (non-hydrogen) atoms. The van der Waals surface area contributed by atoms with E-state index in [0.29, 0.717) is 6.04 Å². The SMILES string of the molecule is CNC1CCCc2cc(OCC3CC3)ccc21. The maximum absolute atomic E-state index is 5.84. The van der Waals surface area contributed by atoms with Gasteiger partial charge < -0.3 is 10.1 Å². The molecular weight excluding hydrogens is 210 g/mol. The molecule has 0 bridgehead atoms. The first-order valence-corrected chi connectivity index (χ1v) is 6.79. The predicted octanol–water partition coefficient (Wildman–Crippen LogP) is 3.07. The molecule has 92 valence electrons. The minimum atomic E-state index is 0.538. The van der Waals surface area contributed by atoms with Crippen molar-refractivity contribution in [2.45, 2.75) is 38.1 Å². The maximum atomic E-state index is 5.84. The Bertz CT molecular complexity index is 398. The zero-order chi connectivity index (χ0) is 11.7. The average Bonchev–Trinajstić information content (AvgIpc) is 3.19. The summed E-state index contributed by atoms with van der Waals surface area (Å²) < 4.78 is 5.84. The molecule has 1 aromatic carbocycles. The van der Waals surface area contributed by atoms with Gasteiger partial charge in [-0.25, -0.2) is 0 Å². The van der Waals surface area contributed by atoms with Gasteiger partial charge >= 0.3 is 0 Å². The highest BCUT2D eigenvalue weighted by Gasteiger charge is 2.23. The number of benzene rings is 1. The Labute approximate surface area is 103 Å². The van der Waals surface area contributed by atoms with Crippen LogP contribution in [0.15, 0.2) is 18.2 Å². The molecular formula is C15H21NO. The van der Waals surface area contributed by atoms with Crippen LogP contribution in [0.1, 0.15) is 42.9 Å². The van der Waals surface area contributed by atoms with Gasteiger partial charge in [-0.15, -0.1) is 0 Å². The van der Waals surface area contributed by atoms with E-state index >= 15 is 0 Å². The van der Waals surface area contributed by atoms with Gasteiger partial charge in [0.05, 0.1) is 6.61 Å². The van der Waals surface area contributed by atoms with Gasteiger partial charge in [0.25, 0.3) is 0 Å². The molecule has 0 spiro atoms. The van der Waals surface area contributed by atoms with Crippen molar-refractivity contribution in [1.82, 2.24) is 5.32 Å². The van der Waals surface area contributed by atoms with Crippen LogP contribution >= 0.6 is 0 Å². The second kappa shape index (κ2) is 4.69. The van der Waals surface area contributed by atoms with Crippen LogP contribution in [0.25, 0.3) is 0 Å². The second-order valence-corrected chi connectivity index (χ2v) is 5.35. The van der Waals surface area contributed by atoms with Crippen molar-refractivity contribution in [3.05, 3.63) is 29.3 Å². The molecule has 3 rings (SSSR count). The maximum Gasteiger partial charge on any atom is 0.119 e. The largest absolute Gasteiger partial charge is 0.493 e. The van der Waals surface area contributed by atoms with E-state index in [1.165, 1.54) is 43.2 Å². The van der Waals surface area contributed by atoms with E-state index in [4.69, 9.17) is 4.74 Å². The van der Waals surface area contributed by atoms with Crippen LogP contribution in [0.4, 0.5) is 0 Å². The van der Waals surface area contributed by atoms with Crippen molar-refractivity contribution in [2.24, 2.45) is 5.92 Å². The van der Waals surface area contributed by atoms with Crippen LogP contribution in [-0.2, 0) is 6.42 Å². The Hall–Kier alpha value is -1.02. The van der Waals surface area contributed by atoms with Gasteiger partial charge in [-0.05, 0) is 68.3 Å². The van der Waals surface area contributed by atoms with Crippen LogP contribution in [0.5, 0.6) is 5.75 Å². The molecule has 1 N–H and O–H groups in total. The number of nitrogens with one attached hydrogen (secondary N) is 1. The highest BCUT2D eigenvalue weighted by atomic mass is 16.5. The highest BCUT2D eigenvalue weighted by molar-refractivity contribution is 5.39. The molecule has 1 saturated carbocycles. The molecule has 1 atom stereocenters. The summed E-state index contributed by atoms with van der Waals surface area (Å²) in [5.74, 6) is 1.89. The van der Waals surface area contributed by atoms with Crippen molar-refractivity contribution >= 4 is 0 Å². The first kappa shape index (κ1) is 11.1. The van der Waals surface area contributed by atoms with E-state index in [1.807, 2.05) is 0 Å². The van der Waals surface area contributed by atoms with Gasteiger partial charge in [0, 0.05) is 6.04 Å². The van der Waals surface area contributed by atoms with E-state index in [-0.39, 0.29) is 0 Å². The first-order chi connectivity index (χ1) is 8.36. The molecule has 0 saturated heterocycles. The summed E-state index contributed by atoms with van der Waals surface area (Å²) in [6.07, 6.45) is 6.45. The molecule has 1 unspecified atom stereocenters. The third kappa shape index (κ3) is 2.47. The summed E-state index contributed by atoms with van der Waals surface area (Å²) in [5, 5.41) is 3.40. The van der Waals surface area contributed by atoms with Crippen LogP contribution in [0.3, 0.4) is 0 Å².